The third-order valence-corrected chi connectivity index (χ3v) is 4.38. The summed E-state index contributed by atoms with van der Waals surface area (Å²) in [5.41, 5.74) is 1.83. The molecular formula is C17H16N2O3S. The van der Waals surface area contributed by atoms with Gasteiger partial charge in [0.1, 0.15) is 5.75 Å². The van der Waals surface area contributed by atoms with Crippen LogP contribution in [0.4, 0.5) is 11.4 Å². The van der Waals surface area contributed by atoms with E-state index in [4.69, 9.17) is 4.74 Å². The van der Waals surface area contributed by atoms with Gasteiger partial charge in [0, 0.05) is 10.6 Å². The molecule has 0 saturated heterocycles. The first-order valence-corrected chi connectivity index (χ1v) is 8.26. The molecule has 0 saturated carbocycles. The van der Waals surface area contributed by atoms with Gasteiger partial charge in [-0.3, -0.25) is 9.59 Å². The number of hydrogen-bond donors (Lipinski definition) is 2. The maximum atomic E-state index is 12.5. The fraction of sp³-hybridized carbons (Fsp3) is 0.176. The molecule has 5 nitrogen and oxygen atoms in total. The van der Waals surface area contributed by atoms with E-state index in [1.165, 1.54) is 11.8 Å². The van der Waals surface area contributed by atoms with Crippen LogP contribution in [0.5, 0.6) is 5.75 Å². The number of rotatable bonds is 4. The molecule has 6 heteroatoms. The van der Waals surface area contributed by atoms with Gasteiger partial charge in [0.2, 0.25) is 5.91 Å². The summed E-state index contributed by atoms with van der Waals surface area (Å²) in [5.74, 6) is 0.686. The Balaban J connectivity index is 1.81. The number of fused-ring (bicyclic) bond motifs is 1. The molecule has 0 fully saturated rings. The molecule has 23 heavy (non-hydrogen) atoms. The predicted octanol–water partition coefficient (Wildman–Crippen LogP) is 3.38. The van der Waals surface area contributed by atoms with E-state index in [9.17, 15) is 9.59 Å². The highest BCUT2D eigenvalue weighted by atomic mass is 32.2. The zero-order chi connectivity index (χ0) is 16.2. The van der Waals surface area contributed by atoms with Gasteiger partial charge < -0.3 is 15.4 Å². The fourth-order valence-electron chi connectivity index (χ4n) is 2.29. The summed E-state index contributed by atoms with van der Waals surface area (Å²) < 4.78 is 5.48. The Morgan fingerprint density at radius 2 is 2.13 bits per heavy atom. The highest BCUT2D eigenvalue weighted by Crippen LogP contribution is 2.33. The molecular weight excluding hydrogens is 312 g/mol. The molecule has 2 aromatic carbocycles. The van der Waals surface area contributed by atoms with E-state index >= 15 is 0 Å². The van der Waals surface area contributed by atoms with Gasteiger partial charge in [-0.15, -0.1) is 11.8 Å². The van der Waals surface area contributed by atoms with Crippen LogP contribution >= 0.6 is 11.8 Å². The third-order valence-electron chi connectivity index (χ3n) is 3.30. The highest BCUT2D eigenvalue weighted by Gasteiger charge is 2.17. The first-order chi connectivity index (χ1) is 11.2. The summed E-state index contributed by atoms with van der Waals surface area (Å²) in [6.07, 6.45) is 0. The summed E-state index contributed by atoms with van der Waals surface area (Å²) in [5, 5.41) is 5.65. The lowest BCUT2D eigenvalue weighted by Gasteiger charge is -2.17. The number of amides is 2. The van der Waals surface area contributed by atoms with Crippen molar-refractivity contribution in [3.63, 3.8) is 0 Å². The molecule has 1 aliphatic heterocycles. The molecule has 2 aromatic rings. The van der Waals surface area contributed by atoms with Crippen molar-refractivity contribution in [1.29, 1.82) is 0 Å². The lowest BCUT2D eigenvalue weighted by Crippen LogP contribution is -2.19. The van der Waals surface area contributed by atoms with Crippen molar-refractivity contribution >= 4 is 35.0 Å². The van der Waals surface area contributed by atoms with Crippen LogP contribution in [0, 0.1) is 0 Å². The maximum Gasteiger partial charge on any atom is 0.259 e. The minimum absolute atomic E-state index is 0.0346. The molecule has 0 unspecified atom stereocenters. The van der Waals surface area contributed by atoms with Crippen molar-refractivity contribution in [2.24, 2.45) is 0 Å². The average Bonchev–Trinajstić information content (AvgIpc) is 2.55. The molecule has 0 radical (unpaired) electrons. The molecule has 0 bridgehead atoms. The van der Waals surface area contributed by atoms with Crippen molar-refractivity contribution in [2.45, 2.75) is 11.8 Å². The van der Waals surface area contributed by atoms with E-state index in [1.807, 2.05) is 25.1 Å². The number of hydrogen-bond acceptors (Lipinski definition) is 4. The van der Waals surface area contributed by atoms with Crippen molar-refractivity contribution < 1.29 is 14.3 Å². The molecule has 0 spiro atoms. The van der Waals surface area contributed by atoms with Gasteiger partial charge in [0.15, 0.2) is 0 Å². The van der Waals surface area contributed by atoms with Gasteiger partial charge in [-0.05, 0) is 37.3 Å². The van der Waals surface area contributed by atoms with Gasteiger partial charge in [0.25, 0.3) is 5.91 Å². The van der Waals surface area contributed by atoms with Crippen LogP contribution in [0.3, 0.4) is 0 Å². The van der Waals surface area contributed by atoms with Crippen LogP contribution in [0.25, 0.3) is 0 Å². The van der Waals surface area contributed by atoms with Crippen molar-refractivity contribution in [3.05, 3.63) is 48.0 Å². The second-order valence-electron chi connectivity index (χ2n) is 4.93. The fourth-order valence-corrected chi connectivity index (χ4v) is 3.08. The number of nitrogens with one attached hydrogen (secondary N) is 2. The maximum absolute atomic E-state index is 12.5. The lowest BCUT2D eigenvalue weighted by molar-refractivity contribution is -0.113. The number of thioether (sulfide) groups is 1. The van der Waals surface area contributed by atoms with Crippen molar-refractivity contribution in [2.75, 3.05) is 23.0 Å². The van der Waals surface area contributed by atoms with E-state index < -0.39 is 0 Å². The second-order valence-corrected chi connectivity index (χ2v) is 5.95. The van der Waals surface area contributed by atoms with E-state index in [-0.39, 0.29) is 11.8 Å². The third kappa shape index (κ3) is 3.48. The number of anilines is 2. The quantitative estimate of drug-likeness (QED) is 0.903. The van der Waals surface area contributed by atoms with Crippen LogP contribution in [0.2, 0.25) is 0 Å². The monoisotopic (exact) mass is 328 g/mol. The Bertz CT molecular complexity index is 761. The average molecular weight is 328 g/mol. The highest BCUT2D eigenvalue weighted by molar-refractivity contribution is 8.00. The standard InChI is InChI=1S/C17H16N2O3S/c1-2-22-14-6-4-3-5-12(14)17(21)18-11-7-8-15-13(9-11)19-16(20)10-23-15/h3-9H,2,10H2,1H3,(H,18,21)(H,19,20). The summed E-state index contributed by atoms with van der Waals surface area (Å²) >= 11 is 1.49. The first-order valence-electron chi connectivity index (χ1n) is 7.27. The molecule has 3 rings (SSSR count). The molecule has 0 aliphatic carbocycles. The van der Waals surface area contributed by atoms with E-state index in [2.05, 4.69) is 10.6 Å². The topological polar surface area (TPSA) is 67.4 Å². The van der Waals surface area contributed by atoms with Gasteiger partial charge in [0.05, 0.1) is 23.6 Å². The Morgan fingerprint density at radius 3 is 2.96 bits per heavy atom. The molecule has 0 atom stereocenters. The normalized spacial score (nSPS) is 13.0. The number of carbonyl (C=O) groups excluding carboxylic acids is 2. The van der Waals surface area contributed by atoms with Gasteiger partial charge in [-0.1, -0.05) is 12.1 Å². The van der Waals surface area contributed by atoms with E-state index in [0.717, 1.165) is 10.6 Å². The van der Waals surface area contributed by atoms with Crippen LogP contribution in [-0.2, 0) is 4.79 Å². The molecule has 0 aromatic heterocycles. The minimum atomic E-state index is -0.246. The smallest absolute Gasteiger partial charge is 0.259 e. The Hall–Kier alpha value is -2.47. The Morgan fingerprint density at radius 1 is 1.30 bits per heavy atom. The summed E-state index contributed by atoms with van der Waals surface area (Å²) in [7, 11) is 0. The first kappa shape index (κ1) is 15.4. The SMILES string of the molecule is CCOc1ccccc1C(=O)Nc1ccc2c(c1)NC(=O)CS2. The van der Waals surface area contributed by atoms with Crippen LogP contribution in [0.1, 0.15) is 17.3 Å². The van der Waals surface area contributed by atoms with Gasteiger partial charge >= 0.3 is 0 Å². The van der Waals surface area contributed by atoms with E-state index in [1.54, 1.807) is 24.3 Å². The summed E-state index contributed by atoms with van der Waals surface area (Å²) in [4.78, 5) is 24.9. The van der Waals surface area contributed by atoms with Crippen molar-refractivity contribution in [3.8, 4) is 5.75 Å². The predicted molar refractivity (Wildman–Crippen MR) is 91.4 cm³/mol. The van der Waals surface area contributed by atoms with E-state index in [0.29, 0.717) is 29.4 Å². The Labute approximate surface area is 138 Å². The molecule has 1 aliphatic rings. The zero-order valence-corrected chi connectivity index (χ0v) is 13.4. The van der Waals surface area contributed by atoms with Crippen LogP contribution < -0.4 is 15.4 Å². The van der Waals surface area contributed by atoms with Gasteiger partial charge in [-0.2, -0.15) is 0 Å². The van der Waals surface area contributed by atoms with Crippen LogP contribution in [-0.4, -0.2) is 24.2 Å². The summed E-state index contributed by atoms with van der Waals surface area (Å²) in [6, 6.07) is 12.6. The number of benzene rings is 2. The van der Waals surface area contributed by atoms with Crippen LogP contribution in [0.15, 0.2) is 47.4 Å². The molecule has 2 amide bonds. The summed E-state index contributed by atoms with van der Waals surface area (Å²) in [6.45, 7) is 2.37. The molecule has 118 valence electrons. The Kier molecular flexibility index (Phi) is 4.52. The number of ether oxygens (including phenoxy) is 1. The van der Waals surface area contributed by atoms with Gasteiger partial charge in [-0.25, -0.2) is 0 Å². The second kappa shape index (κ2) is 6.75. The molecule has 1 heterocycles. The number of para-hydroxylation sites is 1. The minimum Gasteiger partial charge on any atom is -0.493 e. The largest absolute Gasteiger partial charge is 0.493 e. The number of carbonyl (C=O) groups is 2. The zero-order valence-electron chi connectivity index (χ0n) is 12.6. The lowest BCUT2D eigenvalue weighted by atomic mass is 10.1. The van der Waals surface area contributed by atoms with Crippen molar-refractivity contribution in [1.82, 2.24) is 0 Å². The molecule has 2 N–H and O–H groups in total.